The maximum Gasteiger partial charge on any atom is 0.243 e. The molecule has 0 unspecified atom stereocenters. The summed E-state index contributed by atoms with van der Waals surface area (Å²) in [6, 6.07) is 0. The van der Waals surface area contributed by atoms with Gasteiger partial charge in [0.2, 0.25) is 5.91 Å². The van der Waals surface area contributed by atoms with E-state index in [0.29, 0.717) is 6.54 Å². The molecule has 0 bridgehead atoms. The van der Waals surface area contributed by atoms with E-state index >= 15 is 0 Å². The Morgan fingerprint density at radius 2 is 2.58 bits per heavy atom. The second kappa shape index (κ2) is 4.33. The molecule has 0 atom stereocenters. The van der Waals surface area contributed by atoms with Crippen LogP contribution in [0.1, 0.15) is 0 Å². The van der Waals surface area contributed by atoms with Crippen LogP contribution in [0.5, 0.6) is 0 Å². The molecule has 4 nitrogen and oxygen atoms in total. The molecular weight excluding hydrogens is 154 g/mol. The smallest absolute Gasteiger partial charge is 0.243 e. The minimum Gasteiger partial charge on any atom is -0.356 e. The van der Waals surface area contributed by atoms with Crippen molar-refractivity contribution in [2.75, 3.05) is 7.05 Å². The maximum atomic E-state index is 10.7. The third kappa shape index (κ3) is 2.57. The van der Waals surface area contributed by atoms with Crippen LogP contribution in [-0.2, 0) is 11.3 Å². The summed E-state index contributed by atoms with van der Waals surface area (Å²) in [4.78, 5) is 14.6. The summed E-state index contributed by atoms with van der Waals surface area (Å²) in [5.41, 5.74) is 0. The number of hydrogen-bond acceptors (Lipinski definition) is 2. The zero-order chi connectivity index (χ0) is 8.81. The molecule has 0 aliphatic heterocycles. The number of aromatic nitrogens is 2. The van der Waals surface area contributed by atoms with E-state index in [1.165, 1.54) is 6.08 Å². The van der Waals surface area contributed by atoms with Crippen molar-refractivity contribution in [3.05, 3.63) is 30.9 Å². The molecule has 1 heterocycles. The summed E-state index contributed by atoms with van der Waals surface area (Å²) in [6.07, 6.45) is 8.52. The second-order valence-electron chi connectivity index (χ2n) is 2.28. The highest BCUT2D eigenvalue weighted by atomic mass is 16.1. The predicted octanol–water partition coefficient (Wildman–Crippen LogP) is 0.185. The highest BCUT2D eigenvalue weighted by Crippen LogP contribution is 1.86. The van der Waals surface area contributed by atoms with Crippen molar-refractivity contribution in [1.82, 2.24) is 14.9 Å². The number of carbonyl (C=O) groups is 1. The van der Waals surface area contributed by atoms with Crippen molar-refractivity contribution in [3.8, 4) is 0 Å². The molecular formula is C8H11N3O. The SMILES string of the molecule is CNC(=O)/C=C/Cn1ccnc1. The molecule has 64 valence electrons. The van der Waals surface area contributed by atoms with Crippen LogP contribution in [0.25, 0.3) is 0 Å². The van der Waals surface area contributed by atoms with E-state index in [1.807, 2.05) is 10.8 Å². The molecule has 0 saturated carbocycles. The standard InChI is InChI=1S/C8H11N3O/c1-9-8(12)3-2-5-11-6-4-10-7-11/h2-4,6-7H,5H2,1H3,(H,9,12)/b3-2+. The van der Waals surface area contributed by atoms with Crippen LogP contribution in [0, 0.1) is 0 Å². The lowest BCUT2D eigenvalue weighted by Gasteiger charge is -1.93. The van der Waals surface area contributed by atoms with Gasteiger partial charge in [0.15, 0.2) is 0 Å². The first-order chi connectivity index (χ1) is 5.83. The van der Waals surface area contributed by atoms with E-state index in [0.717, 1.165) is 0 Å². The van der Waals surface area contributed by atoms with E-state index in [2.05, 4.69) is 10.3 Å². The average molecular weight is 165 g/mol. The van der Waals surface area contributed by atoms with Crippen molar-refractivity contribution in [2.45, 2.75) is 6.54 Å². The summed E-state index contributed by atoms with van der Waals surface area (Å²) in [7, 11) is 1.60. The number of rotatable bonds is 3. The monoisotopic (exact) mass is 165 g/mol. The fourth-order valence-corrected chi connectivity index (χ4v) is 0.760. The van der Waals surface area contributed by atoms with Gasteiger partial charge in [-0.25, -0.2) is 4.98 Å². The molecule has 0 spiro atoms. The number of nitrogens with zero attached hydrogens (tertiary/aromatic N) is 2. The Labute approximate surface area is 70.9 Å². The van der Waals surface area contributed by atoms with Crippen molar-refractivity contribution < 1.29 is 4.79 Å². The lowest BCUT2D eigenvalue weighted by molar-refractivity contribution is -0.116. The van der Waals surface area contributed by atoms with Crippen molar-refractivity contribution in [2.24, 2.45) is 0 Å². The molecule has 0 radical (unpaired) electrons. The first-order valence-electron chi connectivity index (χ1n) is 3.67. The number of nitrogens with one attached hydrogen (secondary N) is 1. The Morgan fingerprint density at radius 3 is 3.17 bits per heavy atom. The largest absolute Gasteiger partial charge is 0.356 e. The quantitative estimate of drug-likeness (QED) is 0.650. The van der Waals surface area contributed by atoms with Gasteiger partial charge in [-0.05, 0) is 0 Å². The van der Waals surface area contributed by atoms with E-state index in [-0.39, 0.29) is 5.91 Å². The predicted molar refractivity (Wildman–Crippen MR) is 45.4 cm³/mol. The fraction of sp³-hybridized carbons (Fsp3) is 0.250. The normalized spacial score (nSPS) is 10.4. The third-order valence-corrected chi connectivity index (χ3v) is 1.39. The van der Waals surface area contributed by atoms with E-state index in [9.17, 15) is 4.79 Å². The summed E-state index contributed by atoms with van der Waals surface area (Å²) >= 11 is 0. The molecule has 0 aromatic carbocycles. The topological polar surface area (TPSA) is 46.9 Å². The molecule has 1 aromatic rings. The molecule has 1 rings (SSSR count). The molecule has 1 amide bonds. The van der Waals surface area contributed by atoms with Gasteiger partial charge in [-0.1, -0.05) is 6.08 Å². The Kier molecular flexibility index (Phi) is 3.07. The van der Waals surface area contributed by atoms with E-state index in [4.69, 9.17) is 0 Å². The van der Waals surface area contributed by atoms with Crippen LogP contribution in [0.15, 0.2) is 30.9 Å². The number of amides is 1. The Morgan fingerprint density at radius 1 is 1.75 bits per heavy atom. The summed E-state index contributed by atoms with van der Waals surface area (Å²) in [5.74, 6) is -0.0879. The molecule has 0 saturated heterocycles. The van der Waals surface area contributed by atoms with Crippen LogP contribution in [0.3, 0.4) is 0 Å². The van der Waals surface area contributed by atoms with Crippen LogP contribution >= 0.6 is 0 Å². The van der Waals surface area contributed by atoms with Crippen LogP contribution in [0.4, 0.5) is 0 Å². The molecule has 12 heavy (non-hydrogen) atoms. The van der Waals surface area contributed by atoms with E-state index < -0.39 is 0 Å². The lowest BCUT2D eigenvalue weighted by Crippen LogP contribution is -2.14. The van der Waals surface area contributed by atoms with Gasteiger partial charge in [-0.2, -0.15) is 0 Å². The number of likely N-dealkylation sites (N-methyl/N-ethyl adjacent to an activating group) is 1. The average Bonchev–Trinajstić information content (AvgIpc) is 2.57. The second-order valence-corrected chi connectivity index (χ2v) is 2.28. The molecule has 0 fully saturated rings. The third-order valence-electron chi connectivity index (χ3n) is 1.39. The van der Waals surface area contributed by atoms with Gasteiger partial charge < -0.3 is 9.88 Å². The van der Waals surface area contributed by atoms with E-state index in [1.54, 1.807) is 25.6 Å². The van der Waals surface area contributed by atoms with Gasteiger partial charge in [-0.3, -0.25) is 4.79 Å². The lowest BCUT2D eigenvalue weighted by atomic mass is 10.4. The molecule has 1 N–H and O–H groups in total. The van der Waals surface area contributed by atoms with Crippen molar-refractivity contribution >= 4 is 5.91 Å². The number of allylic oxidation sites excluding steroid dienone is 1. The van der Waals surface area contributed by atoms with Crippen molar-refractivity contribution in [3.63, 3.8) is 0 Å². The van der Waals surface area contributed by atoms with Gasteiger partial charge in [0.1, 0.15) is 0 Å². The van der Waals surface area contributed by atoms with Crippen molar-refractivity contribution in [1.29, 1.82) is 0 Å². The Hall–Kier alpha value is -1.58. The van der Waals surface area contributed by atoms with Gasteiger partial charge in [-0.15, -0.1) is 0 Å². The summed E-state index contributed by atoms with van der Waals surface area (Å²) in [5, 5.41) is 2.49. The minimum absolute atomic E-state index is 0.0879. The molecule has 1 aromatic heterocycles. The van der Waals surface area contributed by atoms with Crippen LogP contribution in [0.2, 0.25) is 0 Å². The van der Waals surface area contributed by atoms with Gasteiger partial charge >= 0.3 is 0 Å². The number of carbonyl (C=O) groups excluding carboxylic acids is 1. The Bertz CT molecular complexity index is 264. The van der Waals surface area contributed by atoms with Gasteiger partial charge in [0.25, 0.3) is 0 Å². The minimum atomic E-state index is -0.0879. The van der Waals surface area contributed by atoms with Crippen LogP contribution in [-0.4, -0.2) is 22.5 Å². The first-order valence-corrected chi connectivity index (χ1v) is 3.67. The van der Waals surface area contributed by atoms with Gasteiger partial charge in [0.05, 0.1) is 6.33 Å². The Balaban J connectivity index is 2.35. The van der Waals surface area contributed by atoms with Crippen LogP contribution < -0.4 is 5.32 Å². The highest BCUT2D eigenvalue weighted by Gasteiger charge is 1.87. The number of imidazole rings is 1. The first kappa shape index (κ1) is 8.52. The molecule has 0 aliphatic rings. The number of hydrogen-bond donors (Lipinski definition) is 1. The van der Waals surface area contributed by atoms with Gasteiger partial charge in [0, 0.05) is 32.1 Å². The maximum absolute atomic E-state index is 10.7. The zero-order valence-electron chi connectivity index (χ0n) is 6.90. The fourth-order valence-electron chi connectivity index (χ4n) is 0.760. The summed E-state index contributed by atoms with van der Waals surface area (Å²) < 4.78 is 1.87. The molecule has 0 aliphatic carbocycles. The highest BCUT2D eigenvalue weighted by molar-refractivity contribution is 5.87. The summed E-state index contributed by atoms with van der Waals surface area (Å²) in [6.45, 7) is 0.674. The zero-order valence-corrected chi connectivity index (χ0v) is 6.90. The molecule has 4 heteroatoms.